The monoisotopic (exact) mass is 219 g/mol. The van der Waals surface area contributed by atoms with Crippen LogP contribution in [-0.4, -0.2) is 26.3 Å². The molecule has 0 radical (unpaired) electrons. The first-order valence-electron chi connectivity index (χ1n) is 6.02. The molecule has 0 bridgehead atoms. The van der Waals surface area contributed by atoms with Crippen molar-refractivity contribution >= 4 is 0 Å². The molecule has 0 aliphatic carbocycles. The van der Waals surface area contributed by atoms with Crippen LogP contribution >= 0.6 is 0 Å². The summed E-state index contributed by atoms with van der Waals surface area (Å²) in [7, 11) is 1.80. The van der Waals surface area contributed by atoms with Gasteiger partial charge in [0, 0.05) is 25.6 Å². The molecule has 0 spiro atoms. The lowest BCUT2D eigenvalue weighted by molar-refractivity contribution is 0.0377. The highest BCUT2D eigenvalue weighted by atomic mass is 16.5. The van der Waals surface area contributed by atoms with Crippen LogP contribution in [0.15, 0.2) is 30.3 Å². The van der Waals surface area contributed by atoms with Crippen molar-refractivity contribution in [3.63, 3.8) is 0 Å². The highest BCUT2D eigenvalue weighted by Gasteiger charge is 2.38. The summed E-state index contributed by atoms with van der Waals surface area (Å²) in [5, 5.41) is 3.40. The lowest BCUT2D eigenvalue weighted by atomic mass is 9.72. The summed E-state index contributed by atoms with van der Waals surface area (Å²) >= 11 is 0. The van der Waals surface area contributed by atoms with E-state index in [-0.39, 0.29) is 0 Å². The van der Waals surface area contributed by atoms with E-state index in [4.69, 9.17) is 4.74 Å². The van der Waals surface area contributed by atoms with Crippen molar-refractivity contribution < 1.29 is 4.74 Å². The van der Waals surface area contributed by atoms with E-state index in [0.717, 1.165) is 25.9 Å². The Bertz CT molecular complexity index is 319. The van der Waals surface area contributed by atoms with Crippen LogP contribution in [0, 0.1) is 5.41 Å². The van der Waals surface area contributed by atoms with E-state index in [9.17, 15) is 0 Å². The van der Waals surface area contributed by atoms with Crippen molar-refractivity contribution in [1.29, 1.82) is 0 Å². The maximum atomic E-state index is 5.39. The molecule has 16 heavy (non-hydrogen) atoms. The summed E-state index contributed by atoms with van der Waals surface area (Å²) in [5.41, 5.74) is 1.85. The second-order valence-corrected chi connectivity index (χ2v) is 5.02. The van der Waals surface area contributed by atoms with Gasteiger partial charge in [0.2, 0.25) is 0 Å². The van der Waals surface area contributed by atoms with E-state index in [0.29, 0.717) is 11.5 Å². The van der Waals surface area contributed by atoms with Gasteiger partial charge < -0.3 is 10.1 Å². The third kappa shape index (κ3) is 2.63. The third-order valence-corrected chi connectivity index (χ3v) is 3.54. The number of methoxy groups -OCH3 is 1. The van der Waals surface area contributed by atoms with Crippen molar-refractivity contribution in [3.05, 3.63) is 35.9 Å². The molecule has 0 amide bonds. The average molecular weight is 219 g/mol. The first-order chi connectivity index (χ1) is 7.74. The lowest BCUT2D eigenvalue weighted by Crippen LogP contribution is -2.56. The number of rotatable bonds is 5. The number of nitrogens with one attached hydrogen (secondary N) is 1. The minimum Gasteiger partial charge on any atom is -0.382 e. The zero-order chi connectivity index (χ0) is 11.4. The van der Waals surface area contributed by atoms with Gasteiger partial charge in [0.15, 0.2) is 0 Å². The summed E-state index contributed by atoms with van der Waals surface area (Å²) in [6.45, 7) is 4.40. The zero-order valence-corrected chi connectivity index (χ0v) is 10.2. The molecule has 1 fully saturated rings. The highest BCUT2D eigenvalue weighted by Crippen LogP contribution is 2.33. The third-order valence-electron chi connectivity index (χ3n) is 3.54. The molecular weight excluding hydrogens is 198 g/mol. The van der Waals surface area contributed by atoms with Gasteiger partial charge in [-0.15, -0.1) is 0 Å². The van der Waals surface area contributed by atoms with Gasteiger partial charge in [0.05, 0.1) is 6.10 Å². The van der Waals surface area contributed by atoms with Gasteiger partial charge in [-0.3, -0.25) is 0 Å². The molecule has 2 heteroatoms. The fourth-order valence-corrected chi connectivity index (χ4v) is 2.54. The van der Waals surface area contributed by atoms with Crippen LogP contribution in [-0.2, 0) is 11.2 Å². The predicted octanol–water partition coefficient (Wildman–Crippen LogP) is 2.24. The molecule has 1 unspecified atom stereocenters. The number of hydrogen-bond donors (Lipinski definition) is 1. The molecule has 1 saturated heterocycles. The molecule has 1 aliphatic heterocycles. The van der Waals surface area contributed by atoms with Gasteiger partial charge in [-0.05, 0) is 25.3 Å². The van der Waals surface area contributed by atoms with Gasteiger partial charge in [0.25, 0.3) is 0 Å². The lowest BCUT2D eigenvalue weighted by Gasteiger charge is -2.44. The predicted molar refractivity (Wildman–Crippen MR) is 66.5 cm³/mol. The van der Waals surface area contributed by atoms with Gasteiger partial charge in [0.1, 0.15) is 0 Å². The largest absolute Gasteiger partial charge is 0.382 e. The molecule has 1 atom stereocenters. The quantitative estimate of drug-likeness (QED) is 0.820. The minimum absolute atomic E-state index is 0.353. The Kier molecular flexibility index (Phi) is 3.62. The van der Waals surface area contributed by atoms with Crippen molar-refractivity contribution in [3.8, 4) is 0 Å². The standard InChI is InChI=1S/C14H21NO/c1-12(16-2)8-14(10-15-11-14)9-13-6-4-3-5-7-13/h3-7,12,15H,8-11H2,1-2H3. The van der Waals surface area contributed by atoms with Crippen molar-refractivity contribution in [1.82, 2.24) is 5.32 Å². The minimum atomic E-state index is 0.353. The summed E-state index contributed by atoms with van der Waals surface area (Å²) in [5.74, 6) is 0. The van der Waals surface area contributed by atoms with Gasteiger partial charge in [-0.2, -0.15) is 0 Å². The molecule has 1 N–H and O–H groups in total. The van der Waals surface area contributed by atoms with Crippen LogP contribution in [0.4, 0.5) is 0 Å². The Hall–Kier alpha value is -0.860. The number of ether oxygens (including phenoxy) is 1. The molecule has 1 aromatic carbocycles. The van der Waals surface area contributed by atoms with Gasteiger partial charge in [-0.1, -0.05) is 30.3 Å². The van der Waals surface area contributed by atoms with E-state index in [1.54, 1.807) is 7.11 Å². The van der Waals surface area contributed by atoms with Crippen LogP contribution in [0.1, 0.15) is 18.9 Å². The fourth-order valence-electron chi connectivity index (χ4n) is 2.54. The maximum absolute atomic E-state index is 5.39. The molecule has 2 nitrogen and oxygen atoms in total. The van der Waals surface area contributed by atoms with Crippen LogP contribution < -0.4 is 5.32 Å². The maximum Gasteiger partial charge on any atom is 0.0549 e. The number of hydrogen-bond acceptors (Lipinski definition) is 2. The second-order valence-electron chi connectivity index (χ2n) is 5.02. The normalized spacial score (nSPS) is 20.1. The van der Waals surface area contributed by atoms with Crippen LogP contribution in [0.5, 0.6) is 0 Å². The van der Waals surface area contributed by atoms with Crippen molar-refractivity contribution in [2.45, 2.75) is 25.9 Å². The van der Waals surface area contributed by atoms with E-state index in [1.165, 1.54) is 5.56 Å². The van der Waals surface area contributed by atoms with Gasteiger partial charge >= 0.3 is 0 Å². The average Bonchev–Trinajstić information content (AvgIpc) is 2.27. The molecule has 88 valence electrons. The summed E-state index contributed by atoms with van der Waals surface area (Å²) in [6, 6.07) is 10.8. The Balaban J connectivity index is 2.00. The summed E-state index contributed by atoms with van der Waals surface area (Å²) in [6.07, 6.45) is 2.66. The van der Waals surface area contributed by atoms with E-state index in [1.807, 2.05) is 0 Å². The number of benzene rings is 1. The van der Waals surface area contributed by atoms with Crippen LogP contribution in [0.2, 0.25) is 0 Å². The Labute approximate surface area is 98.0 Å². The molecule has 1 aliphatic rings. The Morgan fingerprint density at radius 1 is 1.31 bits per heavy atom. The first-order valence-corrected chi connectivity index (χ1v) is 6.02. The van der Waals surface area contributed by atoms with Crippen molar-refractivity contribution in [2.75, 3.05) is 20.2 Å². The van der Waals surface area contributed by atoms with E-state index >= 15 is 0 Å². The fraction of sp³-hybridized carbons (Fsp3) is 0.571. The van der Waals surface area contributed by atoms with E-state index < -0.39 is 0 Å². The molecule has 1 aromatic rings. The Morgan fingerprint density at radius 2 is 2.00 bits per heavy atom. The molecular formula is C14H21NO. The van der Waals surface area contributed by atoms with Crippen LogP contribution in [0.3, 0.4) is 0 Å². The molecule has 0 saturated carbocycles. The second kappa shape index (κ2) is 4.98. The molecule has 2 rings (SSSR count). The summed E-state index contributed by atoms with van der Waals surface area (Å²) in [4.78, 5) is 0. The van der Waals surface area contributed by atoms with Crippen molar-refractivity contribution in [2.24, 2.45) is 5.41 Å². The van der Waals surface area contributed by atoms with Crippen LogP contribution in [0.25, 0.3) is 0 Å². The topological polar surface area (TPSA) is 21.3 Å². The highest BCUT2D eigenvalue weighted by molar-refractivity contribution is 5.18. The first kappa shape index (κ1) is 11.6. The summed E-state index contributed by atoms with van der Waals surface area (Å²) < 4.78 is 5.39. The van der Waals surface area contributed by atoms with E-state index in [2.05, 4.69) is 42.6 Å². The SMILES string of the molecule is COC(C)CC1(Cc2ccccc2)CNC1. The smallest absolute Gasteiger partial charge is 0.0549 e. The zero-order valence-electron chi connectivity index (χ0n) is 10.2. The van der Waals surface area contributed by atoms with Gasteiger partial charge in [-0.25, -0.2) is 0 Å². The Morgan fingerprint density at radius 3 is 2.50 bits per heavy atom. The molecule has 1 heterocycles. The molecule has 0 aromatic heterocycles.